The Morgan fingerprint density at radius 3 is 2.79 bits per heavy atom. The van der Waals surface area contributed by atoms with Crippen LogP contribution < -0.4 is 10.6 Å². The molecule has 0 spiro atoms. The van der Waals surface area contributed by atoms with Gasteiger partial charge in [0, 0.05) is 13.1 Å². The summed E-state index contributed by atoms with van der Waals surface area (Å²) in [6, 6.07) is 4.60. The Bertz CT molecular complexity index is 469. The molecule has 0 radical (unpaired) electrons. The van der Waals surface area contributed by atoms with E-state index in [4.69, 9.17) is 0 Å². The Kier molecular flexibility index (Phi) is 4.08. The summed E-state index contributed by atoms with van der Waals surface area (Å²) in [6.07, 6.45) is 3.18. The van der Waals surface area contributed by atoms with E-state index in [-0.39, 0.29) is 17.1 Å². The normalized spacial score (nSPS) is 15.9. The lowest BCUT2D eigenvalue weighted by molar-refractivity contribution is 0.0946. The molecule has 2 rings (SSSR count). The molecule has 0 aliphatic heterocycles. The first-order valence-electron chi connectivity index (χ1n) is 6.86. The Labute approximate surface area is 113 Å². The van der Waals surface area contributed by atoms with Gasteiger partial charge in [-0.3, -0.25) is 4.79 Å². The maximum atomic E-state index is 13.8. The Hall–Kier alpha value is -1.58. The van der Waals surface area contributed by atoms with E-state index in [1.165, 1.54) is 6.07 Å². The van der Waals surface area contributed by atoms with Crippen LogP contribution >= 0.6 is 0 Å². The summed E-state index contributed by atoms with van der Waals surface area (Å²) >= 11 is 0. The smallest absolute Gasteiger partial charge is 0.253 e. The van der Waals surface area contributed by atoms with Crippen molar-refractivity contribution in [3.8, 4) is 0 Å². The molecule has 0 heterocycles. The molecule has 1 amide bonds. The number of anilines is 1. The molecule has 0 bridgehead atoms. The van der Waals surface area contributed by atoms with E-state index in [1.807, 2.05) is 6.92 Å². The quantitative estimate of drug-likeness (QED) is 0.828. The largest absolute Gasteiger partial charge is 0.382 e. The molecular formula is C15H21FN2O. The zero-order valence-corrected chi connectivity index (χ0v) is 11.6. The van der Waals surface area contributed by atoms with E-state index >= 15 is 0 Å². The fourth-order valence-corrected chi connectivity index (χ4v) is 1.92. The minimum Gasteiger partial charge on any atom is -0.382 e. The van der Waals surface area contributed by atoms with Crippen molar-refractivity contribution in [3.63, 3.8) is 0 Å². The summed E-state index contributed by atoms with van der Waals surface area (Å²) in [4.78, 5) is 12.1. The Morgan fingerprint density at radius 2 is 2.16 bits per heavy atom. The van der Waals surface area contributed by atoms with E-state index in [2.05, 4.69) is 17.6 Å². The lowest BCUT2D eigenvalue weighted by Gasteiger charge is -2.14. The molecule has 0 aromatic heterocycles. The van der Waals surface area contributed by atoms with Gasteiger partial charge in [0.2, 0.25) is 0 Å². The number of para-hydroxylation sites is 1. The average Bonchev–Trinajstić information content (AvgIpc) is 3.13. The first kappa shape index (κ1) is 13.8. The molecule has 1 aromatic carbocycles. The van der Waals surface area contributed by atoms with Crippen LogP contribution in [0.15, 0.2) is 18.2 Å². The van der Waals surface area contributed by atoms with Gasteiger partial charge in [0.1, 0.15) is 5.82 Å². The van der Waals surface area contributed by atoms with Crippen molar-refractivity contribution in [1.29, 1.82) is 0 Å². The fourth-order valence-electron chi connectivity index (χ4n) is 1.92. The lowest BCUT2D eigenvalue weighted by atomic mass is 10.1. The molecule has 104 valence electrons. The highest BCUT2D eigenvalue weighted by atomic mass is 19.1. The van der Waals surface area contributed by atoms with Gasteiger partial charge in [0.05, 0.1) is 11.3 Å². The van der Waals surface area contributed by atoms with Gasteiger partial charge in [-0.15, -0.1) is 0 Å². The average molecular weight is 264 g/mol. The van der Waals surface area contributed by atoms with Gasteiger partial charge < -0.3 is 10.6 Å². The molecular weight excluding hydrogens is 243 g/mol. The molecule has 0 saturated heterocycles. The van der Waals surface area contributed by atoms with Crippen molar-refractivity contribution in [2.45, 2.75) is 33.1 Å². The van der Waals surface area contributed by atoms with E-state index < -0.39 is 0 Å². The summed E-state index contributed by atoms with van der Waals surface area (Å²) in [6.45, 7) is 5.46. The second kappa shape index (κ2) is 5.59. The first-order valence-corrected chi connectivity index (χ1v) is 6.86. The van der Waals surface area contributed by atoms with E-state index in [0.717, 1.165) is 19.3 Å². The summed E-state index contributed by atoms with van der Waals surface area (Å²) in [5.41, 5.74) is 0.945. The highest BCUT2D eigenvalue weighted by molar-refractivity contribution is 5.99. The van der Waals surface area contributed by atoms with Crippen LogP contribution in [0.2, 0.25) is 0 Å². The number of nitrogens with one attached hydrogen (secondary N) is 2. The third-order valence-electron chi connectivity index (χ3n) is 3.59. The number of carbonyl (C=O) groups excluding carboxylic acids is 1. The van der Waals surface area contributed by atoms with Gasteiger partial charge in [0.15, 0.2) is 0 Å². The molecule has 1 fully saturated rings. The maximum Gasteiger partial charge on any atom is 0.253 e. The van der Waals surface area contributed by atoms with Crippen LogP contribution in [0.1, 0.15) is 43.5 Å². The highest BCUT2D eigenvalue weighted by Gasteiger charge is 2.37. The molecule has 0 atom stereocenters. The molecule has 2 N–H and O–H groups in total. The minimum absolute atomic E-state index is 0.203. The number of rotatable bonds is 6. The monoisotopic (exact) mass is 264 g/mol. The summed E-state index contributed by atoms with van der Waals surface area (Å²) in [5, 5.41) is 5.89. The number of amides is 1. The van der Waals surface area contributed by atoms with Crippen LogP contribution in [-0.4, -0.2) is 19.0 Å². The standard InChI is InChI=1S/C15H21FN2O/c1-3-9-17-13-11(5-4-6-12(13)16)14(19)18-10-15(2)7-8-15/h4-6,17H,3,7-10H2,1-2H3,(H,18,19). The van der Waals surface area contributed by atoms with Crippen LogP contribution in [0.25, 0.3) is 0 Å². The second-order valence-electron chi connectivity index (χ2n) is 5.58. The summed E-state index contributed by atoms with van der Waals surface area (Å²) in [7, 11) is 0. The van der Waals surface area contributed by atoms with Gasteiger partial charge in [-0.1, -0.05) is 19.9 Å². The van der Waals surface area contributed by atoms with Crippen LogP contribution in [-0.2, 0) is 0 Å². The van der Waals surface area contributed by atoms with Gasteiger partial charge in [-0.05, 0) is 36.8 Å². The summed E-state index contributed by atoms with van der Waals surface area (Å²) < 4.78 is 13.8. The third kappa shape index (κ3) is 3.46. The van der Waals surface area contributed by atoms with E-state index in [9.17, 15) is 9.18 Å². The highest BCUT2D eigenvalue weighted by Crippen LogP contribution is 2.44. The van der Waals surface area contributed by atoms with E-state index in [0.29, 0.717) is 24.3 Å². The Morgan fingerprint density at radius 1 is 1.42 bits per heavy atom. The maximum absolute atomic E-state index is 13.8. The zero-order chi connectivity index (χ0) is 13.9. The fraction of sp³-hybridized carbons (Fsp3) is 0.533. The number of benzene rings is 1. The van der Waals surface area contributed by atoms with Gasteiger partial charge in [-0.25, -0.2) is 4.39 Å². The second-order valence-corrected chi connectivity index (χ2v) is 5.58. The first-order chi connectivity index (χ1) is 9.06. The number of carbonyl (C=O) groups is 1. The molecule has 19 heavy (non-hydrogen) atoms. The third-order valence-corrected chi connectivity index (χ3v) is 3.59. The van der Waals surface area contributed by atoms with Gasteiger partial charge >= 0.3 is 0 Å². The van der Waals surface area contributed by atoms with Crippen molar-refractivity contribution < 1.29 is 9.18 Å². The Balaban J connectivity index is 2.08. The topological polar surface area (TPSA) is 41.1 Å². The predicted octanol–water partition coefficient (Wildman–Crippen LogP) is 3.18. The number of hydrogen-bond acceptors (Lipinski definition) is 2. The van der Waals surface area contributed by atoms with Crippen LogP contribution in [0.3, 0.4) is 0 Å². The molecule has 1 aromatic rings. The van der Waals surface area contributed by atoms with Crippen molar-refractivity contribution in [1.82, 2.24) is 5.32 Å². The molecule has 1 saturated carbocycles. The van der Waals surface area contributed by atoms with Gasteiger partial charge in [0.25, 0.3) is 5.91 Å². The molecule has 3 nitrogen and oxygen atoms in total. The lowest BCUT2D eigenvalue weighted by Crippen LogP contribution is -2.29. The number of halogens is 1. The SMILES string of the molecule is CCCNc1c(F)cccc1C(=O)NCC1(C)CC1. The van der Waals surface area contributed by atoms with Crippen molar-refractivity contribution in [3.05, 3.63) is 29.6 Å². The summed E-state index contributed by atoms with van der Waals surface area (Å²) in [5.74, 6) is -0.579. The van der Waals surface area contributed by atoms with Crippen molar-refractivity contribution in [2.75, 3.05) is 18.4 Å². The van der Waals surface area contributed by atoms with Crippen LogP contribution in [0.4, 0.5) is 10.1 Å². The van der Waals surface area contributed by atoms with Gasteiger partial charge in [-0.2, -0.15) is 0 Å². The predicted molar refractivity (Wildman–Crippen MR) is 74.9 cm³/mol. The number of hydrogen-bond donors (Lipinski definition) is 2. The molecule has 1 aliphatic carbocycles. The zero-order valence-electron chi connectivity index (χ0n) is 11.6. The minimum atomic E-state index is -0.376. The van der Waals surface area contributed by atoms with Crippen LogP contribution in [0.5, 0.6) is 0 Å². The van der Waals surface area contributed by atoms with Crippen molar-refractivity contribution >= 4 is 11.6 Å². The molecule has 0 unspecified atom stereocenters. The van der Waals surface area contributed by atoms with Crippen LogP contribution in [0, 0.1) is 11.2 Å². The molecule has 1 aliphatic rings. The van der Waals surface area contributed by atoms with E-state index in [1.54, 1.807) is 12.1 Å². The van der Waals surface area contributed by atoms with Crippen molar-refractivity contribution in [2.24, 2.45) is 5.41 Å². The molecule has 4 heteroatoms.